The predicted octanol–water partition coefficient (Wildman–Crippen LogP) is 2.48. The number of benzene rings is 1. The van der Waals surface area contributed by atoms with Crippen LogP contribution in [0.15, 0.2) is 12.1 Å². The second kappa shape index (κ2) is 7.06. The van der Waals surface area contributed by atoms with Gasteiger partial charge in [-0.1, -0.05) is 6.42 Å². The normalized spacial score (nSPS) is 10.5. The number of halogens is 2. The van der Waals surface area contributed by atoms with Gasteiger partial charge in [0.2, 0.25) is 0 Å². The molecule has 96 valence electrons. The fourth-order valence-corrected chi connectivity index (χ4v) is 1.40. The summed E-state index contributed by atoms with van der Waals surface area (Å²) < 4.78 is 31.4. The monoisotopic (exact) mass is 245 g/mol. The number of anilines is 1. The van der Waals surface area contributed by atoms with Crippen LogP contribution in [0.1, 0.15) is 25.7 Å². The number of aliphatic hydroxyl groups is 1. The summed E-state index contributed by atoms with van der Waals surface area (Å²) in [6.45, 7) is 0.504. The Balaban J connectivity index is 2.34. The first kappa shape index (κ1) is 13.7. The van der Waals surface area contributed by atoms with E-state index in [1.807, 2.05) is 0 Å². The van der Waals surface area contributed by atoms with Crippen LogP contribution >= 0.6 is 0 Å². The smallest absolute Gasteiger partial charge is 0.167 e. The molecule has 0 heterocycles. The van der Waals surface area contributed by atoms with Crippen molar-refractivity contribution >= 4 is 5.69 Å². The maximum atomic E-state index is 13.3. The number of hydrogen-bond donors (Lipinski definition) is 2. The average Bonchev–Trinajstić information content (AvgIpc) is 2.30. The van der Waals surface area contributed by atoms with Gasteiger partial charge in [-0.05, 0) is 19.3 Å². The molecule has 1 aromatic carbocycles. The van der Waals surface area contributed by atoms with Gasteiger partial charge in [-0.2, -0.15) is 0 Å². The molecule has 3 nitrogen and oxygen atoms in total. The van der Waals surface area contributed by atoms with E-state index in [-0.39, 0.29) is 18.0 Å². The number of rotatable bonds is 7. The van der Waals surface area contributed by atoms with Gasteiger partial charge in [0, 0.05) is 18.7 Å². The van der Waals surface area contributed by atoms with Gasteiger partial charge in [0.05, 0.1) is 12.3 Å². The Hall–Kier alpha value is -1.36. The van der Waals surface area contributed by atoms with Gasteiger partial charge >= 0.3 is 0 Å². The number of ether oxygens (including phenoxy) is 1. The second-order valence-electron chi connectivity index (χ2n) is 3.79. The van der Waals surface area contributed by atoms with E-state index in [0.717, 1.165) is 37.8 Å². The zero-order valence-corrected chi connectivity index (χ0v) is 9.59. The zero-order valence-electron chi connectivity index (χ0n) is 9.59. The lowest BCUT2D eigenvalue weighted by atomic mass is 10.2. The fourth-order valence-electron chi connectivity index (χ4n) is 1.40. The summed E-state index contributed by atoms with van der Waals surface area (Å²) >= 11 is 0. The molecule has 17 heavy (non-hydrogen) atoms. The quantitative estimate of drug-likeness (QED) is 0.573. The molecule has 0 fully saturated rings. The molecule has 0 aliphatic rings. The van der Waals surface area contributed by atoms with Gasteiger partial charge in [-0.25, -0.2) is 8.78 Å². The van der Waals surface area contributed by atoms with Crippen LogP contribution in [0, 0.1) is 11.6 Å². The van der Waals surface area contributed by atoms with E-state index in [4.69, 9.17) is 15.6 Å². The highest BCUT2D eigenvalue weighted by molar-refractivity contribution is 5.44. The van der Waals surface area contributed by atoms with Crippen molar-refractivity contribution in [3.05, 3.63) is 23.8 Å². The maximum absolute atomic E-state index is 13.3. The molecule has 5 heteroatoms. The number of hydrogen-bond acceptors (Lipinski definition) is 3. The maximum Gasteiger partial charge on any atom is 0.167 e. The van der Waals surface area contributed by atoms with Crippen LogP contribution in [0.25, 0.3) is 0 Å². The summed E-state index contributed by atoms with van der Waals surface area (Å²) in [5, 5.41) is 8.56. The van der Waals surface area contributed by atoms with E-state index in [9.17, 15) is 8.78 Å². The molecular weight excluding hydrogens is 228 g/mol. The van der Waals surface area contributed by atoms with Gasteiger partial charge in [0.1, 0.15) is 5.82 Å². The Labute approximate surface area is 99.2 Å². The molecule has 0 aliphatic heterocycles. The zero-order chi connectivity index (χ0) is 12.7. The molecule has 0 unspecified atom stereocenters. The molecular formula is C12H17F2NO2. The van der Waals surface area contributed by atoms with Crippen LogP contribution < -0.4 is 10.5 Å². The summed E-state index contributed by atoms with van der Waals surface area (Å²) in [7, 11) is 0. The summed E-state index contributed by atoms with van der Waals surface area (Å²) in [6.07, 6.45) is 3.29. The molecule has 3 N–H and O–H groups in total. The van der Waals surface area contributed by atoms with Crippen LogP contribution in [-0.2, 0) is 0 Å². The third kappa shape index (κ3) is 4.56. The lowest BCUT2D eigenvalue weighted by Gasteiger charge is -2.08. The van der Waals surface area contributed by atoms with Crippen molar-refractivity contribution in [2.24, 2.45) is 0 Å². The third-order valence-electron chi connectivity index (χ3n) is 2.36. The second-order valence-corrected chi connectivity index (χ2v) is 3.79. The molecule has 0 aliphatic carbocycles. The highest BCUT2D eigenvalue weighted by atomic mass is 19.1. The van der Waals surface area contributed by atoms with Crippen LogP contribution in [0.2, 0.25) is 0 Å². The largest absolute Gasteiger partial charge is 0.490 e. The van der Waals surface area contributed by atoms with Crippen molar-refractivity contribution in [3.63, 3.8) is 0 Å². The molecule has 0 bridgehead atoms. The Morgan fingerprint density at radius 2 is 1.76 bits per heavy atom. The number of unbranched alkanes of at least 4 members (excludes halogenated alkanes) is 3. The van der Waals surface area contributed by atoms with Crippen molar-refractivity contribution in [3.8, 4) is 5.75 Å². The molecule has 0 spiro atoms. The van der Waals surface area contributed by atoms with Crippen molar-refractivity contribution < 1.29 is 18.6 Å². The average molecular weight is 245 g/mol. The number of aliphatic hydroxyl groups excluding tert-OH is 1. The predicted molar refractivity (Wildman–Crippen MR) is 61.8 cm³/mol. The van der Waals surface area contributed by atoms with Gasteiger partial charge in [0.15, 0.2) is 11.6 Å². The Bertz CT molecular complexity index is 359. The number of nitrogen functional groups attached to an aromatic ring is 1. The minimum Gasteiger partial charge on any atom is -0.490 e. The lowest BCUT2D eigenvalue weighted by molar-refractivity contribution is 0.269. The SMILES string of the molecule is Nc1cc(F)c(OCCCCCCO)cc1F. The van der Waals surface area contributed by atoms with Gasteiger partial charge in [-0.3, -0.25) is 0 Å². The first-order valence-electron chi connectivity index (χ1n) is 5.63. The third-order valence-corrected chi connectivity index (χ3v) is 2.36. The van der Waals surface area contributed by atoms with Gasteiger partial charge in [-0.15, -0.1) is 0 Å². The van der Waals surface area contributed by atoms with E-state index in [1.54, 1.807) is 0 Å². The first-order valence-corrected chi connectivity index (χ1v) is 5.63. The van der Waals surface area contributed by atoms with Crippen molar-refractivity contribution in [2.75, 3.05) is 18.9 Å². The lowest BCUT2D eigenvalue weighted by Crippen LogP contribution is -2.01. The molecule has 1 rings (SSSR count). The topological polar surface area (TPSA) is 55.5 Å². The van der Waals surface area contributed by atoms with E-state index < -0.39 is 11.6 Å². The van der Waals surface area contributed by atoms with E-state index in [0.29, 0.717) is 6.61 Å². The van der Waals surface area contributed by atoms with Crippen molar-refractivity contribution in [1.82, 2.24) is 0 Å². The van der Waals surface area contributed by atoms with Crippen LogP contribution in [-0.4, -0.2) is 18.3 Å². The standard InChI is InChI=1S/C12H17F2NO2/c13-9-8-12(10(14)7-11(9)15)17-6-4-2-1-3-5-16/h7-8,16H,1-6,15H2. The van der Waals surface area contributed by atoms with E-state index in [1.165, 1.54) is 0 Å². The molecule has 0 saturated carbocycles. The first-order chi connectivity index (χ1) is 8.15. The van der Waals surface area contributed by atoms with Crippen LogP contribution in [0.5, 0.6) is 5.75 Å². The van der Waals surface area contributed by atoms with Crippen molar-refractivity contribution in [1.29, 1.82) is 0 Å². The van der Waals surface area contributed by atoms with Crippen molar-refractivity contribution in [2.45, 2.75) is 25.7 Å². The van der Waals surface area contributed by atoms with E-state index in [2.05, 4.69) is 0 Å². The summed E-state index contributed by atoms with van der Waals surface area (Å²) in [6, 6.07) is 1.87. The Kier molecular flexibility index (Phi) is 5.69. The Morgan fingerprint density at radius 1 is 1.06 bits per heavy atom. The molecule has 1 aromatic rings. The summed E-state index contributed by atoms with van der Waals surface area (Å²) in [4.78, 5) is 0. The Morgan fingerprint density at radius 3 is 2.47 bits per heavy atom. The van der Waals surface area contributed by atoms with Gasteiger partial charge < -0.3 is 15.6 Å². The van der Waals surface area contributed by atoms with Crippen LogP contribution in [0.3, 0.4) is 0 Å². The molecule has 0 amide bonds. The fraction of sp³-hybridized carbons (Fsp3) is 0.500. The van der Waals surface area contributed by atoms with E-state index >= 15 is 0 Å². The highest BCUT2D eigenvalue weighted by Crippen LogP contribution is 2.23. The number of nitrogens with two attached hydrogens (primary N) is 1. The minimum atomic E-state index is -0.679. The summed E-state index contributed by atoms with van der Waals surface area (Å²) in [5.74, 6) is -1.44. The molecule has 0 saturated heterocycles. The van der Waals surface area contributed by atoms with Gasteiger partial charge in [0.25, 0.3) is 0 Å². The highest BCUT2D eigenvalue weighted by Gasteiger charge is 2.08. The molecule has 0 radical (unpaired) electrons. The van der Waals surface area contributed by atoms with Crippen LogP contribution in [0.4, 0.5) is 14.5 Å². The summed E-state index contributed by atoms with van der Waals surface area (Å²) in [5.41, 5.74) is 4.98. The molecule has 0 aromatic heterocycles. The molecule has 0 atom stereocenters. The minimum absolute atomic E-state index is 0.112.